The fourth-order valence-electron chi connectivity index (χ4n) is 1.87. The molecular weight excluding hydrogens is 248 g/mol. The molecule has 1 N–H and O–H groups in total. The Bertz CT molecular complexity index is 747. The molecule has 0 unspecified atom stereocenters. The number of ether oxygens (including phenoxy) is 1. The Kier molecular flexibility index (Phi) is 2.60. The van der Waals surface area contributed by atoms with Gasteiger partial charge in [-0.2, -0.15) is 5.10 Å². The van der Waals surface area contributed by atoms with Gasteiger partial charge in [-0.1, -0.05) is 6.07 Å². The van der Waals surface area contributed by atoms with Gasteiger partial charge in [0.15, 0.2) is 0 Å². The van der Waals surface area contributed by atoms with Crippen molar-refractivity contribution >= 4 is 22.1 Å². The van der Waals surface area contributed by atoms with Gasteiger partial charge in [0.05, 0.1) is 17.4 Å². The van der Waals surface area contributed by atoms with Crippen molar-refractivity contribution in [1.82, 2.24) is 10.2 Å². The van der Waals surface area contributed by atoms with Crippen LogP contribution in [0.2, 0.25) is 0 Å². The fraction of sp³-hybridized carbons (Fsp3) is 0.0769. The number of H-pyrrole nitrogens is 1. The molecule has 3 rings (SSSR count). The SMILES string of the molecule is COc1ccc2c(-c3cccs3)n[nH]c(=O)c2c1. The number of thiophene rings is 1. The molecule has 0 bridgehead atoms. The van der Waals surface area contributed by atoms with Gasteiger partial charge in [-0.3, -0.25) is 4.79 Å². The van der Waals surface area contributed by atoms with Crippen molar-refractivity contribution < 1.29 is 4.74 Å². The van der Waals surface area contributed by atoms with Gasteiger partial charge in [0.25, 0.3) is 5.56 Å². The second kappa shape index (κ2) is 4.27. The van der Waals surface area contributed by atoms with Crippen molar-refractivity contribution in [2.24, 2.45) is 0 Å². The van der Waals surface area contributed by atoms with Gasteiger partial charge in [0, 0.05) is 5.39 Å². The van der Waals surface area contributed by atoms with Crippen LogP contribution < -0.4 is 10.3 Å². The molecule has 0 aliphatic carbocycles. The van der Waals surface area contributed by atoms with E-state index in [-0.39, 0.29) is 5.56 Å². The monoisotopic (exact) mass is 258 g/mol. The van der Waals surface area contributed by atoms with Crippen molar-refractivity contribution in [3.05, 3.63) is 46.1 Å². The van der Waals surface area contributed by atoms with E-state index in [0.717, 1.165) is 16.0 Å². The maximum Gasteiger partial charge on any atom is 0.272 e. The van der Waals surface area contributed by atoms with E-state index >= 15 is 0 Å². The lowest BCUT2D eigenvalue weighted by Crippen LogP contribution is -2.09. The predicted octanol–water partition coefficient (Wildman–Crippen LogP) is 2.66. The Morgan fingerprint density at radius 1 is 1.28 bits per heavy atom. The van der Waals surface area contributed by atoms with E-state index in [1.54, 1.807) is 24.5 Å². The predicted molar refractivity (Wildman–Crippen MR) is 72.2 cm³/mol. The number of rotatable bonds is 2. The Morgan fingerprint density at radius 2 is 2.17 bits per heavy atom. The molecule has 4 nitrogen and oxygen atoms in total. The first kappa shape index (κ1) is 11.0. The maximum absolute atomic E-state index is 11.8. The number of hydrogen-bond acceptors (Lipinski definition) is 4. The quantitative estimate of drug-likeness (QED) is 0.768. The van der Waals surface area contributed by atoms with Crippen LogP contribution in [0.4, 0.5) is 0 Å². The molecule has 5 heteroatoms. The molecule has 0 aliphatic heterocycles. The summed E-state index contributed by atoms with van der Waals surface area (Å²) in [5, 5.41) is 10.1. The second-order valence-electron chi connectivity index (χ2n) is 3.79. The van der Waals surface area contributed by atoms with Gasteiger partial charge in [-0.15, -0.1) is 11.3 Å². The standard InChI is InChI=1S/C13H10N2O2S/c1-17-8-4-5-9-10(7-8)13(16)15-14-12(9)11-3-2-6-18-11/h2-7H,1H3,(H,15,16). The van der Waals surface area contributed by atoms with Crippen LogP contribution in [-0.4, -0.2) is 17.3 Å². The zero-order valence-electron chi connectivity index (χ0n) is 9.64. The first-order valence-electron chi connectivity index (χ1n) is 5.40. The summed E-state index contributed by atoms with van der Waals surface area (Å²) in [6, 6.07) is 9.37. The highest BCUT2D eigenvalue weighted by Gasteiger charge is 2.10. The number of nitrogens with one attached hydrogen (secondary N) is 1. The van der Waals surface area contributed by atoms with E-state index in [2.05, 4.69) is 10.2 Å². The number of fused-ring (bicyclic) bond motifs is 1. The van der Waals surface area contributed by atoms with Crippen molar-refractivity contribution in [2.75, 3.05) is 7.11 Å². The van der Waals surface area contributed by atoms with Crippen LogP contribution in [0.5, 0.6) is 5.75 Å². The van der Waals surface area contributed by atoms with E-state index in [0.29, 0.717) is 11.1 Å². The smallest absolute Gasteiger partial charge is 0.272 e. The summed E-state index contributed by atoms with van der Waals surface area (Å²) in [4.78, 5) is 12.8. The fourth-order valence-corrected chi connectivity index (χ4v) is 2.60. The first-order valence-corrected chi connectivity index (χ1v) is 6.28. The van der Waals surface area contributed by atoms with Crippen LogP contribution in [0.3, 0.4) is 0 Å². The third kappa shape index (κ3) is 1.69. The normalized spacial score (nSPS) is 10.7. The molecule has 0 saturated heterocycles. The number of benzene rings is 1. The van der Waals surface area contributed by atoms with E-state index in [9.17, 15) is 4.79 Å². The lowest BCUT2D eigenvalue weighted by molar-refractivity contribution is 0.415. The van der Waals surface area contributed by atoms with Gasteiger partial charge in [0.1, 0.15) is 11.4 Å². The van der Waals surface area contributed by atoms with E-state index in [4.69, 9.17) is 4.74 Å². The Balaban J connectivity index is 2.36. The molecule has 0 spiro atoms. The largest absolute Gasteiger partial charge is 0.497 e. The van der Waals surface area contributed by atoms with Gasteiger partial charge < -0.3 is 4.74 Å². The topological polar surface area (TPSA) is 55.0 Å². The zero-order valence-corrected chi connectivity index (χ0v) is 10.5. The molecule has 0 radical (unpaired) electrons. The van der Waals surface area contributed by atoms with Gasteiger partial charge in [0.2, 0.25) is 0 Å². The number of aromatic amines is 1. The van der Waals surface area contributed by atoms with Crippen LogP contribution in [0.1, 0.15) is 0 Å². The summed E-state index contributed by atoms with van der Waals surface area (Å²) >= 11 is 1.59. The molecule has 1 aromatic carbocycles. The van der Waals surface area contributed by atoms with Crippen LogP contribution in [0.15, 0.2) is 40.5 Å². The summed E-state index contributed by atoms with van der Waals surface area (Å²) in [6.45, 7) is 0. The number of nitrogens with zero attached hydrogens (tertiary/aromatic N) is 1. The minimum Gasteiger partial charge on any atom is -0.497 e. The summed E-state index contributed by atoms with van der Waals surface area (Å²) in [5.74, 6) is 0.663. The minimum absolute atomic E-state index is 0.204. The Hall–Kier alpha value is -2.14. The lowest BCUT2D eigenvalue weighted by Gasteiger charge is -2.04. The summed E-state index contributed by atoms with van der Waals surface area (Å²) in [5.41, 5.74) is 0.589. The number of aromatic nitrogens is 2. The molecule has 0 aliphatic rings. The Labute approximate surface area is 107 Å². The molecule has 2 heterocycles. The number of hydrogen-bond donors (Lipinski definition) is 1. The summed E-state index contributed by atoms with van der Waals surface area (Å²) in [7, 11) is 1.58. The molecule has 0 saturated carbocycles. The van der Waals surface area contributed by atoms with E-state index in [1.807, 2.05) is 29.6 Å². The highest BCUT2D eigenvalue weighted by molar-refractivity contribution is 7.13. The highest BCUT2D eigenvalue weighted by Crippen LogP contribution is 2.29. The van der Waals surface area contributed by atoms with Crippen molar-refractivity contribution in [3.8, 4) is 16.3 Å². The number of methoxy groups -OCH3 is 1. The van der Waals surface area contributed by atoms with Crippen molar-refractivity contribution in [3.63, 3.8) is 0 Å². The van der Waals surface area contributed by atoms with Gasteiger partial charge >= 0.3 is 0 Å². The van der Waals surface area contributed by atoms with Crippen LogP contribution in [0.25, 0.3) is 21.3 Å². The Morgan fingerprint density at radius 3 is 2.89 bits per heavy atom. The van der Waals surface area contributed by atoms with Crippen LogP contribution in [-0.2, 0) is 0 Å². The maximum atomic E-state index is 11.8. The zero-order chi connectivity index (χ0) is 12.5. The van der Waals surface area contributed by atoms with E-state index < -0.39 is 0 Å². The van der Waals surface area contributed by atoms with E-state index in [1.165, 1.54) is 0 Å². The average molecular weight is 258 g/mol. The molecule has 90 valence electrons. The van der Waals surface area contributed by atoms with Gasteiger partial charge in [-0.05, 0) is 29.6 Å². The van der Waals surface area contributed by atoms with Crippen LogP contribution in [0, 0.1) is 0 Å². The third-order valence-corrected chi connectivity index (χ3v) is 3.63. The second-order valence-corrected chi connectivity index (χ2v) is 4.74. The van der Waals surface area contributed by atoms with Crippen molar-refractivity contribution in [1.29, 1.82) is 0 Å². The van der Waals surface area contributed by atoms with Crippen LogP contribution >= 0.6 is 11.3 Å². The van der Waals surface area contributed by atoms with Gasteiger partial charge in [-0.25, -0.2) is 5.10 Å². The minimum atomic E-state index is -0.204. The average Bonchev–Trinajstić information content (AvgIpc) is 2.93. The summed E-state index contributed by atoms with van der Waals surface area (Å²) < 4.78 is 5.14. The molecule has 3 aromatic rings. The molecule has 2 aromatic heterocycles. The summed E-state index contributed by atoms with van der Waals surface area (Å²) in [6.07, 6.45) is 0. The first-order chi connectivity index (χ1) is 8.79. The van der Waals surface area contributed by atoms with Crippen molar-refractivity contribution in [2.45, 2.75) is 0 Å². The molecule has 0 atom stereocenters. The molecule has 0 amide bonds. The molecule has 18 heavy (non-hydrogen) atoms. The third-order valence-electron chi connectivity index (χ3n) is 2.75. The lowest BCUT2D eigenvalue weighted by atomic mass is 10.1. The molecular formula is C13H10N2O2S. The molecule has 0 fully saturated rings. The highest BCUT2D eigenvalue weighted by atomic mass is 32.1.